The number of nitrogens with zero attached hydrogens (tertiary/aromatic N) is 2. The number of phenolic OH excluding ortho intramolecular Hbond substituents is 1. The molecule has 4 rings (SSSR count). The summed E-state index contributed by atoms with van der Waals surface area (Å²) in [7, 11) is 0. The third-order valence-electron chi connectivity index (χ3n) is 3.82. The summed E-state index contributed by atoms with van der Waals surface area (Å²) in [6.07, 6.45) is 1.61. The van der Waals surface area contributed by atoms with Gasteiger partial charge in [0.2, 0.25) is 5.89 Å². The molecule has 3 aromatic carbocycles. The lowest BCUT2D eigenvalue weighted by Gasteiger charge is -1.99. The Kier molecular flexibility index (Phi) is 4.49. The molecule has 1 aromatic heterocycles. The standard InChI is InChI=1S/C20H12BrClN2O2/c21-13-5-7-18(25)12(9-13)11-23-14-6-8-19-17(10-14)24-20(26-19)15-3-1-2-4-16(15)22/h1-11,25H. The normalized spacial score (nSPS) is 11.5. The summed E-state index contributed by atoms with van der Waals surface area (Å²) in [5, 5.41) is 10.5. The van der Waals surface area contributed by atoms with Crippen LogP contribution in [0, 0.1) is 0 Å². The van der Waals surface area contributed by atoms with Crippen LogP contribution in [0.25, 0.3) is 22.6 Å². The van der Waals surface area contributed by atoms with Gasteiger partial charge >= 0.3 is 0 Å². The molecule has 0 bridgehead atoms. The fraction of sp³-hybridized carbons (Fsp3) is 0. The summed E-state index contributed by atoms with van der Waals surface area (Å²) in [5.41, 5.74) is 3.42. The second kappa shape index (κ2) is 6.94. The van der Waals surface area contributed by atoms with E-state index in [-0.39, 0.29) is 5.75 Å². The van der Waals surface area contributed by atoms with Gasteiger partial charge in [-0.05, 0) is 48.5 Å². The van der Waals surface area contributed by atoms with Gasteiger partial charge in [0.25, 0.3) is 0 Å². The summed E-state index contributed by atoms with van der Waals surface area (Å²) in [6.45, 7) is 0. The predicted octanol–water partition coefficient (Wildman–Crippen LogP) is 6.37. The molecule has 4 nitrogen and oxygen atoms in total. The first-order chi connectivity index (χ1) is 12.6. The Labute approximate surface area is 162 Å². The molecule has 0 aliphatic rings. The Morgan fingerprint density at radius 2 is 1.92 bits per heavy atom. The Bertz CT molecular complexity index is 1140. The quantitative estimate of drug-likeness (QED) is 0.387. The minimum atomic E-state index is 0.167. The highest BCUT2D eigenvalue weighted by molar-refractivity contribution is 9.10. The van der Waals surface area contributed by atoms with E-state index in [1.54, 1.807) is 30.5 Å². The minimum absolute atomic E-state index is 0.167. The Morgan fingerprint density at radius 1 is 1.08 bits per heavy atom. The molecule has 0 unspecified atom stereocenters. The Balaban J connectivity index is 1.69. The lowest BCUT2D eigenvalue weighted by molar-refractivity contribution is 0.474. The zero-order valence-corrected chi connectivity index (χ0v) is 15.7. The van der Waals surface area contributed by atoms with Gasteiger partial charge in [-0.15, -0.1) is 0 Å². The van der Waals surface area contributed by atoms with Crippen LogP contribution in [-0.2, 0) is 0 Å². The average molecular weight is 428 g/mol. The number of hydrogen-bond donors (Lipinski definition) is 1. The average Bonchev–Trinajstić information content (AvgIpc) is 3.06. The van der Waals surface area contributed by atoms with E-state index in [1.807, 2.05) is 36.4 Å². The fourth-order valence-corrected chi connectivity index (χ4v) is 3.11. The molecule has 0 spiro atoms. The number of aromatic nitrogens is 1. The molecular weight excluding hydrogens is 416 g/mol. The number of hydrogen-bond acceptors (Lipinski definition) is 4. The van der Waals surface area contributed by atoms with Crippen molar-refractivity contribution in [2.45, 2.75) is 0 Å². The summed E-state index contributed by atoms with van der Waals surface area (Å²) in [6, 6.07) is 18.1. The number of aliphatic imine (C=N–C) groups is 1. The second-order valence-corrected chi connectivity index (χ2v) is 6.94. The zero-order chi connectivity index (χ0) is 18.1. The van der Waals surface area contributed by atoms with Crippen LogP contribution in [-0.4, -0.2) is 16.3 Å². The largest absolute Gasteiger partial charge is 0.507 e. The minimum Gasteiger partial charge on any atom is -0.507 e. The van der Waals surface area contributed by atoms with E-state index >= 15 is 0 Å². The first-order valence-electron chi connectivity index (χ1n) is 7.78. The van der Waals surface area contributed by atoms with Gasteiger partial charge in [-0.25, -0.2) is 4.98 Å². The van der Waals surface area contributed by atoms with E-state index in [2.05, 4.69) is 25.9 Å². The Hall–Kier alpha value is -2.63. The van der Waals surface area contributed by atoms with E-state index in [4.69, 9.17) is 16.0 Å². The van der Waals surface area contributed by atoms with Crippen LogP contribution < -0.4 is 0 Å². The third-order valence-corrected chi connectivity index (χ3v) is 4.64. The molecular formula is C20H12BrClN2O2. The maximum absolute atomic E-state index is 9.89. The fourth-order valence-electron chi connectivity index (χ4n) is 2.52. The smallest absolute Gasteiger partial charge is 0.228 e. The van der Waals surface area contributed by atoms with Crippen molar-refractivity contribution in [3.05, 3.63) is 75.7 Å². The third kappa shape index (κ3) is 3.36. The van der Waals surface area contributed by atoms with Crippen LogP contribution in [0.4, 0.5) is 5.69 Å². The number of fused-ring (bicyclic) bond motifs is 1. The van der Waals surface area contributed by atoms with Crippen molar-refractivity contribution < 1.29 is 9.52 Å². The van der Waals surface area contributed by atoms with Gasteiger partial charge in [-0.2, -0.15) is 0 Å². The van der Waals surface area contributed by atoms with Crippen molar-refractivity contribution in [2.24, 2.45) is 4.99 Å². The molecule has 26 heavy (non-hydrogen) atoms. The van der Waals surface area contributed by atoms with Gasteiger partial charge in [0, 0.05) is 16.3 Å². The van der Waals surface area contributed by atoms with Crippen LogP contribution in [0.15, 0.2) is 74.5 Å². The monoisotopic (exact) mass is 426 g/mol. The highest BCUT2D eigenvalue weighted by atomic mass is 79.9. The van der Waals surface area contributed by atoms with E-state index < -0.39 is 0 Å². The van der Waals surface area contributed by atoms with Gasteiger partial charge in [0.05, 0.1) is 16.3 Å². The number of phenols is 1. The first kappa shape index (κ1) is 16.8. The second-order valence-electron chi connectivity index (χ2n) is 5.61. The summed E-state index contributed by atoms with van der Waals surface area (Å²) >= 11 is 9.59. The maximum Gasteiger partial charge on any atom is 0.228 e. The lowest BCUT2D eigenvalue weighted by Crippen LogP contribution is -1.82. The van der Waals surface area contributed by atoms with Gasteiger partial charge in [-0.1, -0.05) is 39.7 Å². The van der Waals surface area contributed by atoms with Gasteiger partial charge < -0.3 is 9.52 Å². The van der Waals surface area contributed by atoms with E-state index in [0.29, 0.717) is 33.3 Å². The van der Waals surface area contributed by atoms with Crippen molar-refractivity contribution >= 4 is 50.5 Å². The molecule has 0 atom stereocenters. The first-order valence-corrected chi connectivity index (χ1v) is 8.95. The van der Waals surface area contributed by atoms with Crippen LogP contribution in [0.1, 0.15) is 5.56 Å². The topological polar surface area (TPSA) is 58.6 Å². The molecule has 0 saturated heterocycles. The molecule has 0 amide bonds. The van der Waals surface area contributed by atoms with Crippen molar-refractivity contribution in [1.29, 1.82) is 0 Å². The summed E-state index contributed by atoms with van der Waals surface area (Å²) in [4.78, 5) is 8.92. The number of oxazole rings is 1. The van der Waals surface area contributed by atoms with Crippen LogP contribution in [0.2, 0.25) is 5.02 Å². The SMILES string of the molecule is Oc1ccc(Br)cc1C=Nc1ccc2oc(-c3ccccc3Cl)nc2c1. The summed E-state index contributed by atoms with van der Waals surface area (Å²) in [5.74, 6) is 0.636. The number of aromatic hydroxyl groups is 1. The van der Waals surface area contributed by atoms with Crippen LogP contribution in [0.3, 0.4) is 0 Å². The van der Waals surface area contributed by atoms with Crippen molar-refractivity contribution in [3.8, 4) is 17.2 Å². The van der Waals surface area contributed by atoms with Crippen LogP contribution >= 0.6 is 27.5 Å². The van der Waals surface area contributed by atoms with Gasteiger partial charge in [0.1, 0.15) is 11.3 Å². The molecule has 0 aliphatic carbocycles. The molecule has 128 valence electrons. The summed E-state index contributed by atoms with van der Waals surface area (Å²) < 4.78 is 6.66. The molecule has 0 radical (unpaired) electrons. The molecule has 0 fully saturated rings. The number of benzene rings is 3. The highest BCUT2D eigenvalue weighted by Crippen LogP contribution is 2.31. The molecule has 6 heteroatoms. The van der Waals surface area contributed by atoms with Crippen molar-refractivity contribution in [1.82, 2.24) is 4.98 Å². The molecule has 1 heterocycles. The van der Waals surface area contributed by atoms with E-state index in [9.17, 15) is 5.11 Å². The van der Waals surface area contributed by atoms with Gasteiger partial charge in [-0.3, -0.25) is 4.99 Å². The van der Waals surface area contributed by atoms with Gasteiger partial charge in [0.15, 0.2) is 5.58 Å². The number of halogens is 2. The van der Waals surface area contributed by atoms with Crippen molar-refractivity contribution in [2.75, 3.05) is 0 Å². The maximum atomic E-state index is 9.89. The molecule has 0 saturated carbocycles. The molecule has 4 aromatic rings. The number of rotatable bonds is 3. The van der Waals surface area contributed by atoms with E-state index in [0.717, 1.165) is 10.0 Å². The molecule has 1 N–H and O–H groups in total. The Morgan fingerprint density at radius 3 is 2.77 bits per heavy atom. The highest BCUT2D eigenvalue weighted by Gasteiger charge is 2.11. The van der Waals surface area contributed by atoms with E-state index in [1.165, 1.54) is 0 Å². The van der Waals surface area contributed by atoms with Crippen molar-refractivity contribution in [3.63, 3.8) is 0 Å². The predicted molar refractivity (Wildman–Crippen MR) is 108 cm³/mol. The van der Waals surface area contributed by atoms with Crippen LogP contribution in [0.5, 0.6) is 5.75 Å². The lowest BCUT2D eigenvalue weighted by atomic mass is 10.2. The molecule has 0 aliphatic heterocycles. The zero-order valence-electron chi connectivity index (χ0n) is 13.4.